The van der Waals surface area contributed by atoms with Crippen LogP contribution in [-0.4, -0.2) is 34.7 Å². The average Bonchev–Trinajstić information content (AvgIpc) is 2.91. The van der Waals surface area contributed by atoms with Crippen LogP contribution in [0, 0.1) is 0 Å². The van der Waals surface area contributed by atoms with E-state index in [1.54, 1.807) is 17.0 Å². The number of anilines is 1. The zero-order chi connectivity index (χ0) is 13.7. The monoisotopic (exact) mass is 262 g/mol. The van der Waals surface area contributed by atoms with Gasteiger partial charge in [0.15, 0.2) is 0 Å². The lowest BCUT2D eigenvalue weighted by atomic mass is 10.4. The molecule has 0 fully saturated rings. The van der Waals surface area contributed by atoms with Crippen molar-refractivity contribution in [2.45, 2.75) is 6.54 Å². The second kappa shape index (κ2) is 5.85. The zero-order valence-corrected chi connectivity index (χ0v) is 10.7. The van der Waals surface area contributed by atoms with Gasteiger partial charge in [-0.05, 0) is 12.1 Å². The number of methoxy groups -OCH3 is 2. The molecule has 0 aliphatic heterocycles. The van der Waals surface area contributed by atoms with Gasteiger partial charge in [0.1, 0.15) is 12.2 Å². The van der Waals surface area contributed by atoms with Crippen LogP contribution in [0.15, 0.2) is 30.7 Å². The number of hydrogen-bond donors (Lipinski definition) is 1. The van der Waals surface area contributed by atoms with Gasteiger partial charge in [-0.3, -0.25) is 4.79 Å². The lowest BCUT2D eigenvalue weighted by molar-refractivity contribution is -0.116. The number of nitrogens with one attached hydrogen (secondary N) is 1. The third kappa shape index (κ3) is 3.21. The Hall–Kier alpha value is -2.57. The highest BCUT2D eigenvalue weighted by Crippen LogP contribution is 2.22. The molecule has 2 heterocycles. The molecule has 0 aliphatic rings. The molecule has 7 heteroatoms. The standard InChI is InChI=1S/C12H14N4O3/c1-18-11-9(7-13-12(15-11)19-2)14-10(17)8-16-5-3-4-6-16/h3-7H,8H2,1-2H3,(H,14,17). The van der Waals surface area contributed by atoms with Crippen LogP contribution >= 0.6 is 0 Å². The smallest absolute Gasteiger partial charge is 0.319 e. The molecule has 0 aromatic carbocycles. The summed E-state index contributed by atoms with van der Waals surface area (Å²) in [5.74, 6) is 0.0657. The molecule has 19 heavy (non-hydrogen) atoms. The molecule has 0 unspecified atom stereocenters. The zero-order valence-electron chi connectivity index (χ0n) is 10.7. The van der Waals surface area contributed by atoms with Crippen LogP contribution in [0.3, 0.4) is 0 Å². The minimum atomic E-state index is -0.191. The van der Waals surface area contributed by atoms with Gasteiger partial charge in [-0.25, -0.2) is 4.98 Å². The maximum atomic E-state index is 11.8. The molecule has 0 saturated carbocycles. The van der Waals surface area contributed by atoms with E-state index in [2.05, 4.69) is 15.3 Å². The highest BCUT2D eigenvalue weighted by molar-refractivity contribution is 5.91. The summed E-state index contributed by atoms with van der Waals surface area (Å²) in [6, 6.07) is 3.88. The second-order valence-electron chi connectivity index (χ2n) is 3.68. The van der Waals surface area contributed by atoms with Crippen molar-refractivity contribution in [2.24, 2.45) is 0 Å². The van der Waals surface area contributed by atoms with Crippen molar-refractivity contribution in [1.29, 1.82) is 0 Å². The van der Waals surface area contributed by atoms with Gasteiger partial charge in [-0.1, -0.05) is 0 Å². The molecule has 0 spiro atoms. The number of aromatic nitrogens is 3. The molecule has 2 aromatic heterocycles. The first-order valence-electron chi connectivity index (χ1n) is 5.58. The first kappa shape index (κ1) is 12.9. The molecule has 0 atom stereocenters. The summed E-state index contributed by atoms with van der Waals surface area (Å²) < 4.78 is 11.7. The predicted molar refractivity (Wildman–Crippen MR) is 68.2 cm³/mol. The van der Waals surface area contributed by atoms with E-state index in [1.807, 2.05) is 12.1 Å². The van der Waals surface area contributed by atoms with E-state index in [4.69, 9.17) is 9.47 Å². The molecule has 0 aliphatic carbocycles. The fourth-order valence-electron chi connectivity index (χ4n) is 1.52. The van der Waals surface area contributed by atoms with Gasteiger partial charge in [-0.15, -0.1) is 0 Å². The molecule has 0 radical (unpaired) electrons. The average molecular weight is 262 g/mol. The Morgan fingerprint density at radius 2 is 2.05 bits per heavy atom. The lowest BCUT2D eigenvalue weighted by Crippen LogP contribution is -2.18. The van der Waals surface area contributed by atoms with E-state index in [0.717, 1.165) is 0 Å². The number of ether oxygens (including phenoxy) is 2. The van der Waals surface area contributed by atoms with Crippen LogP contribution in [0.25, 0.3) is 0 Å². The maximum absolute atomic E-state index is 11.8. The predicted octanol–water partition coefficient (Wildman–Crippen LogP) is 0.934. The third-order valence-corrected chi connectivity index (χ3v) is 2.37. The number of amides is 1. The Morgan fingerprint density at radius 1 is 1.32 bits per heavy atom. The summed E-state index contributed by atoms with van der Waals surface area (Å²) in [6.07, 6.45) is 5.06. The summed E-state index contributed by atoms with van der Waals surface area (Å²) in [7, 11) is 2.92. The van der Waals surface area contributed by atoms with E-state index in [0.29, 0.717) is 5.69 Å². The Kier molecular flexibility index (Phi) is 3.97. The Balaban J connectivity index is 2.07. The minimum absolute atomic E-state index is 0.181. The molecule has 7 nitrogen and oxygen atoms in total. The normalized spacial score (nSPS) is 10.0. The second-order valence-corrected chi connectivity index (χ2v) is 3.68. The van der Waals surface area contributed by atoms with Gasteiger partial charge in [0.2, 0.25) is 11.8 Å². The van der Waals surface area contributed by atoms with Crippen molar-refractivity contribution >= 4 is 11.6 Å². The van der Waals surface area contributed by atoms with E-state index >= 15 is 0 Å². The molecular weight excluding hydrogens is 248 g/mol. The van der Waals surface area contributed by atoms with Crippen molar-refractivity contribution in [3.63, 3.8) is 0 Å². The quantitative estimate of drug-likeness (QED) is 0.867. The molecule has 0 bridgehead atoms. The van der Waals surface area contributed by atoms with Gasteiger partial charge in [0.25, 0.3) is 0 Å². The minimum Gasteiger partial charge on any atom is -0.479 e. The van der Waals surface area contributed by atoms with E-state index < -0.39 is 0 Å². The first-order chi connectivity index (χ1) is 9.22. The topological polar surface area (TPSA) is 78.3 Å². The van der Waals surface area contributed by atoms with Gasteiger partial charge in [0, 0.05) is 12.4 Å². The van der Waals surface area contributed by atoms with Crippen LogP contribution in [0.1, 0.15) is 0 Å². The summed E-state index contributed by atoms with van der Waals surface area (Å²) >= 11 is 0. The van der Waals surface area contributed by atoms with Crippen LogP contribution in [-0.2, 0) is 11.3 Å². The summed E-state index contributed by atoms with van der Waals surface area (Å²) in [4.78, 5) is 19.7. The largest absolute Gasteiger partial charge is 0.479 e. The van der Waals surface area contributed by atoms with Crippen molar-refractivity contribution in [3.05, 3.63) is 30.7 Å². The number of hydrogen-bond acceptors (Lipinski definition) is 5. The van der Waals surface area contributed by atoms with Gasteiger partial charge in [0.05, 0.1) is 20.4 Å². The molecule has 2 rings (SSSR count). The van der Waals surface area contributed by atoms with Crippen LogP contribution in [0.4, 0.5) is 5.69 Å². The molecular formula is C12H14N4O3. The van der Waals surface area contributed by atoms with Crippen molar-refractivity contribution in [3.8, 4) is 11.9 Å². The molecule has 100 valence electrons. The lowest BCUT2D eigenvalue weighted by Gasteiger charge is -2.09. The van der Waals surface area contributed by atoms with E-state index in [1.165, 1.54) is 20.4 Å². The fraction of sp³-hybridized carbons (Fsp3) is 0.250. The van der Waals surface area contributed by atoms with Gasteiger partial charge in [-0.2, -0.15) is 4.98 Å². The first-order valence-corrected chi connectivity index (χ1v) is 5.58. The van der Waals surface area contributed by atoms with Crippen LogP contribution in [0.2, 0.25) is 0 Å². The van der Waals surface area contributed by atoms with Gasteiger partial charge < -0.3 is 19.4 Å². The Labute approximate surface area is 110 Å². The molecule has 0 saturated heterocycles. The van der Waals surface area contributed by atoms with Gasteiger partial charge >= 0.3 is 6.01 Å². The Bertz CT molecular complexity index is 554. The van der Waals surface area contributed by atoms with E-state index in [-0.39, 0.29) is 24.3 Å². The summed E-state index contributed by atoms with van der Waals surface area (Å²) in [5, 5.41) is 2.69. The maximum Gasteiger partial charge on any atom is 0.319 e. The highest BCUT2D eigenvalue weighted by atomic mass is 16.5. The third-order valence-electron chi connectivity index (χ3n) is 2.37. The number of carbonyl (C=O) groups is 1. The highest BCUT2D eigenvalue weighted by Gasteiger charge is 2.11. The number of carbonyl (C=O) groups excluding carboxylic acids is 1. The summed E-state index contributed by atoms with van der Waals surface area (Å²) in [5.41, 5.74) is 0.403. The van der Waals surface area contributed by atoms with Crippen molar-refractivity contribution in [2.75, 3.05) is 19.5 Å². The van der Waals surface area contributed by atoms with Crippen molar-refractivity contribution < 1.29 is 14.3 Å². The number of nitrogens with zero attached hydrogens (tertiary/aromatic N) is 3. The molecule has 1 amide bonds. The Morgan fingerprint density at radius 3 is 2.68 bits per heavy atom. The summed E-state index contributed by atoms with van der Waals surface area (Å²) in [6.45, 7) is 0.210. The van der Waals surface area contributed by atoms with Crippen molar-refractivity contribution in [1.82, 2.24) is 14.5 Å². The van der Waals surface area contributed by atoms with Crippen LogP contribution in [0.5, 0.6) is 11.9 Å². The molecule has 1 N–H and O–H groups in total. The molecule has 2 aromatic rings. The van der Waals surface area contributed by atoms with Crippen LogP contribution < -0.4 is 14.8 Å². The SMILES string of the molecule is COc1ncc(NC(=O)Cn2cccc2)c(OC)n1. The fourth-order valence-corrected chi connectivity index (χ4v) is 1.52. The van der Waals surface area contributed by atoms with E-state index in [9.17, 15) is 4.79 Å². The number of rotatable bonds is 5.